The third-order valence-electron chi connectivity index (χ3n) is 6.82. The molecule has 3 aromatic rings. The Hall–Kier alpha value is -2.12. The van der Waals surface area contributed by atoms with E-state index >= 15 is 0 Å². The van der Waals surface area contributed by atoms with Gasteiger partial charge in [-0.15, -0.1) is 11.3 Å². The third kappa shape index (κ3) is 5.04. The van der Waals surface area contributed by atoms with Crippen LogP contribution in [0.25, 0.3) is 10.2 Å². The first-order valence-corrected chi connectivity index (χ1v) is 14.0. The van der Waals surface area contributed by atoms with E-state index in [1.54, 1.807) is 11.3 Å². The number of benzene rings is 1. The molecule has 0 radical (unpaired) electrons. The topological polar surface area (TPSA) is 64.0 Å². The lowest BCUT2D eigenvalue weighted by molar-refractivity contribution is -0.118. The van der Waals surface area contributed by atoms with Crippen molar-refractivity contribution in [2.24, 2.45) is 0 Å². The molecule has 0 unspecified atom stereocenters. The molecule has 1 amide bonds. The van der Waals surface area contributed by atoms with Crippen LogP contribution >= 0.6 is 23.1 Å². The lowest BCUT2D eigenvalue weighted by Crippen LogP contribution is -2.29. The highest BCUT2D eigenvalue weighted by molar-refractivity contribution is 7.99. The fraction of sp³-hybridized carbons (Fsp3) is 0.500. The van der Waals surface area contributed by atoms with E-state index in [1.165, 1.54) is 34.2 Å². The van der Waals surface area contributed by atoms with Crippen LogP contribution in [-0.2, 0) is 24.1 Å². The summed E-state index contributed by atoms with van der Waals surface area (Å²) in [6, 6.07) is 10.5. The van der Waals surface area contributed by atoms with Gasteiger partial charge < -0.3 is 5.32 Å². The maximum atomic E-state index is 13.7. The van der Waals surface area contributed by atoms with Crippen molar-refractivity contribution in [2.45, 2.75) is 75.4 Å². The van der Waals surface area contributed by atoms with Gasteiger partial charge in [0.05, 0.1) is 11.1 Å². The number of thiophene rings is 1. The Balaban J connectivity index is 1.29. The Labute approximate surface area is 203 Å². The summed E-state index contributed by atoms with van der Waals surface area (Å²) in [5, 5.41) is 4.61. The van der Waals surface area contributed by atoms with Crippen LogP contribution < -0.4 is 10.9 Å². The van der Waals surface area contributed by atoms with Crippen LogP contribution in [0.4, 0.5) is 0 Å². The molecule has 0 atom stereocenters. The summed E-state index contributed by atoms with van der Waals surface area (Å²) >= 11 is 3.11. The Morgan fingerprint density at radius 2 is 1.91 bits per heavy atom. The highest BCUT2D eigenvalue weighted by Crippen LogP contribution is 2.37. The van der Waals surface area contributed by atoms with Crippen LogP contribution in [0.3, 0.4) is 0 Å². The van der Waals surface area contributed by atoms with Gasteiger partial charge in [0, 0.05) is 17.5 Å². The molecule has 1 fully saturated rings. The lowest BCUT2D eigenvalue weighted by atomic mass is 9.97. The Morgan fingerprint density at radius 3 is 2.73 bits per heavy atom. The Morgan fingerprint density at radius 1 is 1.12 bits per heavy atom. The molecule has 2 aliphatic carbocycles. The monoisotopic (exact) mass is 481 g/mol. The minimum absolute atomic E-state index is 0.00542. The molecule has 0 saturated heterocycles. The molecule has 33 heavy (non-hydrogen) atoms. The predicted octanol–water partition coefficient (Wildman–Crippen LogP) is 5.29. The number of thioether (sulfide) groups is 1. The van der Waals surface area contributed by atoms with Gasteiger partial charge in [-0.1, -0.05) is 54.9 Å². The fourth-order valence-electron chi connectivity index (χ4n) is 5.13. The maximum absolute atomic E-state index is 13.7. The number of fused-ring (bicyclic) bond motifs is 3. The number of aromatic nitrogens is 2. The summed E-state index contributed by atoms with van der Waals surface area (Å²) in [6.45, 7) is 0.661. The third-order valence-corrected chi connectivity index (χ3v) is 8.96. The summed E-state index contributed by atoms with van der Waals surface area (Å²) < 4.78 is 1.93. The Kier molecular flexibility index (Phi) is 7.16. The Bertz CT molecular complexity index is 1180. The first-order valence-electron chi connectivity index (χ1n) is 12.2. The van der Waals surface area contributed by atoms with Crippen LogP contribution in [0.15, 0.2) is 40.3 Å². The number of hydrogen-bond acceptors (Lipinski definition) is 5. The van der Waals surface area contributed by atoms with E-state index in [4.69, 9.17) is 4.98 Å². The number of rotatable bonds is 8. The van der Waals surface area contributed by atoms with Crippen LogP contribution in [-0.4, -0.2) is 27.8 Å². The van der Waals surface area contributed by atoms with Gasteiger partial charge in [0.25, 0.3) is 5.56 Å². The van der Waals surface area contributed by atoms with Crippen molar-refractivity contribution < 1.29 is 4.79 Å². The van der Waals surface area contributed by atoms with E-state index in [0.717, 1.165) is 73.2 Å². The smallest absolute Gasteiger partial charge is 0.263 e. The highest BCUT2D eigenvalue weighted by Gasteiger charge is 2.27. The number of nitrogens with zero attached hydrogens (tertiary/aromatic N) is 2. The number of amides is 1. The summed E-state index contributed by atoms with van der Waals surface area (Å²) in [7, 11) is 0. The zero-order valence-corrected chi connectivity index (χ0v) is 20.6. The minimum Gasteiger partial charge on any atom is -0.355 e. The first kappa shape index (κ1) is 22.7. The molecule has 2 heterocycles. The van der Waals surface area contributed by atoms with Crippen molar-refractivity contribution >= 4 is 39.2 Å². The van der Waals surface area contributed by atoms with Crippen molar-refractivity contribution in [2.75, 3.05) is 12.3 Å². The van der Waals surface area contributed by atoms with Crippen molar-refractivity contribution in [3.05, 3.63) is 56.7 Å². The highest BCUT2D eigenvalue weighted by atomic mass is 32.2. The molecular formula is C26H31N3O2S2. The number of nitrogens with one attached hydrogen (secondary N) is 1. The SMILES string of the molecule is O=C(CSc1nc2sc3c(c2c(=O)n1C1CCCC1)CCCC3)NCCCc1ccccc1. The number of aryl methyl sites for hydroxylation is 3. The van der Waals surface area contributed by atoms with Crippen LogP contribution in [0.5, 0.6) is 0 Å². The van der Waals surface area contributed by atoms with Gasteiger partial charge in [0.1, 0.15) is 4.83 Å². The van der Waals surface area contributed by atoms with E-state index in [0.29, 0.717) is 12.3 Å². The average Bonchev–Trinajstić information content (AvgIpc) is 3.49. The summed E-state index contributed by atoms with van der Waals surface area (Å²) in [6.07, 6.45) is 10.6. The molecule has 1 saturated carbocycles. The standard InChI is InChI=1S/C26H31N3O2S2/c30-22(27-16-8-11-18-9-2-1-3-10-18)17-32-26-28-24-23(20-14-6-7-15-21(20)33-24)25(31)29(26)19-12-4-5-13-19/h1-3,9-10,19H,4-8,11-17H2,(H,27,30). The summed E-state index contributed by atoms with van der Waals surface area (Å²) in [5.74, 6) is 0.298. The van der Waals surface area contributed by atoms with Crippen molar-refractivity contribution in [3.8, 4) is 0 Å². The second-order valence-corrected chi connectivity index (χ2v) is 11.2. The zero-order valence-electron chi connectivity index (χ0n) is 19.0. The minimum atomic E-state index is 0.00542. The van der Waals surface area contributed by atoms with Crippen LogP contribution in [0.1, 0.15) is 67.0 Å². The normalized spacial score (nSPS) is 16.2. The molecule has 0 spiro atoms. The van der Waals surface area contributed by atoms with E-state index < -0.39 is 0 Å². The van der Waals surface area contributed by atoms with Gasteiger partial charge in [0.2, 0.25) is 5.91 Å². The molecule has 0 aliphatic heterocycles. The maximum Gasteiger partial charge on any atom is 0.263 e. The van der Waals surface area contributed by atoms with Gasteiger partial charge in [-0.25, -0.2) is 4.98 Å². The van der Waals surface area contributed by atoms with E-state index in [2.05, 4.69) is 17.4 Å². The molecule has 7 heteroatoms. The van der Waals surface area contributed by atoms with Crippen molar-refractivity contribution in [1.82, 2.24) is 14.9 Å². The summed E-state index contributed by atoms with van der Waals surface area (Å²) in [5.41, 5.74) is 2.66. The first-order chi connectivity index (χ1) is 16.2. The average molecular weight is 482 g/mol. The van der Waals surface area contributed by atoms with Gasteiger partial charge >= 0.3 is 0 Å². The quantitative estimate of drug-likeness (QED) is 0.270. The molecule has 1 aromatic carbocycles. The van der Waals surface area contributed by atoms with Gasteiger partial charge in [0.15, 0.2) is 5.16 Å². The lowest BCUT2D eigenvalue weighted by Gasteiger charge is -2.18. The molecule has 0 bridgehead atoms. The molecule has 5 nitrogen and oxygen atoms in total. The molecular weight excluding hydrogens is 450 g/mol. The molecule has 5 rings (SSSR count). The summed E-state index contributed by atoms with van der Waals surface area (Å²) in [4.78, 5) is 33.4. The molecule has 2 aliphatic rings. The van der Waals surface area contributed by atoms with Crippen molar-refractivity contribution in [1.29, 1.82) is 0 Å². The van der Waals surface area contributed by atoms with Crippen molar-refractivity contribution in [3.63, 3.8) is 0 Å². The number of carbonyl (C=O) groups excluding carboxylic acids is 1. The second kappa shape index (κ2) is 10.4. The fourth-order valence-corrected chi connectivity index (χ4v) is 7.33. The van der Waals surface area contributed by atoms with Gasteiger partial charge in [-0.05, 0) is 62.5 Å². The van der Waals surface area contributed by atoms with Crippen LogP contribution in [0, 0.1) is 0 Å². The molecule has 2 aromatic heterocycles. The van der Waals surface area contributed by atoms with Crippen LogP contribution in [0.2, 0.25) is 0 Å². The largest absolute Gasteiger partial charge is 0.355 e. The van der Waals surface area contributed by atoms with E-state index in [-0.39, 0.29) is 17.5 Å². The predicted molar refractivity (Wildman–Crippen MR) is 137 cm³/mol. The van der Waals surface area contributed by atoms with E-state index in [1.807, 2.05) is 22.8 Å². The zero-order chi connectivity index (χ0) is 22.6. The van der Waals surface area contributed by atoms with E-state index in [9.17, 15) is 9.59 Å². The van der Waals surface area contributed by atoms with Gasteiger partial charge in [-0.3, -0.25) is 14.2 Å². The number of carbonyl (C=O) groups is 1. The molecule has 174 valence electrons. The van der Waals surface area contributed by atoms with Gasteiger partial charge in [-0.2, -0.15) is 0 Å². The second-order valence-electron chi connectivity index (χ2n) is 9.13. The molecule has 1 N–H and O–H groups in total. The number of hydrogen-bond donors (Lipinski definition) is 1.